The Bertz CT molecular complexity index is 2030. The van der Waals surface area contributed by atoms with Crippen molar-refractivity contribution in [2.45, 2.75) is 19.4 Å². The highest BCUT2D eigenvalue weighted by Gasteiger charge is 2.13. The molecule has 0 aliphatic heterocycles. The molecule has 9 heteroatoms. The van der Waals surface area contributed by atoms with Crippen LogP contribution in [0.4, 0.5) is 0 Å². The van der Waals surface area contributed by atoms with Crippen LogP contribution in [0.2, 0.25) is 0 Å². The standard InChI is InChI=1S/C32H27N7O2/c40-32(35-17-21-10-11-23-22-6-2-1-5-20(22)9-12-26(23)36-21)28-19-41-30(38-28)14-16-33-15-13-29-37-27-18-34-25-8-4-3-7-24(25)31(27)39-29/h1-12,18-19,33H,13-17H2,(H,35,40)(H,37,39). The zero-order valence-electron chi connectivity index (χ0n) is 22.2. The Kier molecular flexibility index (Phi) is 6.54. The quantitative estimate of drug-likeness (QED) is 0.172. The monoisotopic (exact) mass is 541 g/mol. The van der Waals surface area contributed by atoms with E-state index in [9.17, 15) is 4.79 Å². The highest BCUT2D eigenvalue weighted by molar-refractivity contribution is 6.06. The van der Waals surface area contributed by atoms with Crippen molar-refractivity contribution in [1.82, 2.24) is 35.6 Å². The van der Waals surface area contributed by atoms with Gasteiger partial charge in [-0.15, -0.1) is 0 Å². The van der Waals surface area contributed by atoms with E-state index in [2.05, 4.69) is 49.9 Å². The second-order valence-electron chi connectivity index (χ2n) is 9.94. The molecule has 1 amide bonds. The van der Waals surface area contributed by atoms with E-state index in [1.807, 2.05) is 54.7 Å². The lowest BCUT2D eigenvalue weighted by molar-refractivity contribution is 0.0945. The highest BCUT2D eigenvalue weighted by atomic mass is 16.3. The molecule has 9 nitrogen and oxygen atoms in total. The molecule has 0 atom stereocenters. The van der Waals surface area contributed by atoms with E-state index in [0.717, 1.165) is 57.3 Å². The predicted octanol–water partition coefficient (Wildman–Crippen LogP) is 5.11. The van der Waals surface area contributed by atoms with Gasteiger partial charge >= 0.3 is 0 Å². The molecular weight excluding hydrogens is 514 g/mol. The molecule has 0 saturated carbocycles. The molecule has 0 bridgehead atoms. The van der Waals surface area contributed by atoms with Crippen molar-refractivity contribution in [2.75, 3.05) is 13.1 Å². The number of amides is 1. The summed E-state index contributed by atoms with van der Waals surface area (Å²) in [6.45, 7) is 1.72. The summed E-state index contributed by atoms with van der Waals surface area (Å²) < 4.78 is 5.53. The van der Waals surface area contributed by atoms with Gasteiger partial charge < -0.3 is 20.0 Å². The fourth-order valence-electron chi connectivity index (χ4n) is 5.12. The summed E-state index contributed by atoms with van der Waals surface area (Å²) in [5.74, 6) is 1.13. The Morgan fingerprint density at radius 1 is 0.805 bits per heavy atom. The second-order valence-corrected chi connectivity index (χ2v) is 9.94. The number of rotatable bonds is 9. The van der Waals surface area contributed by atoms with E-state index in [-0.39, 0.29) is 11.6 Å². The Morgan fingerprint density at radius 2 is 1.66 bits per heavy atom. The minimum absolute atomic E-state index is 0.259. The lowest BCUT2D eigenvalue weighted by atomic mass is 10.0. The summed E-state index contributed by atoms with van der Waals surface area (Å²) in [5.41, 5.74) is 4.76. The minimum Gasteiger partial charge on any atom is -0.448 e. The van der Waals surface area contributed by atoms with E-state index in [4.69, 9.17) is 14.4 Å². The normalized spacial score (nSPS) is 11.6. The number of fused-ring (bicyclic) bond motifs is 6. The largest absolute Gasteiger partial charge is 0.448 e. The number of hydrogen-bond donors (Lipinski definition) is 3. The number of aromatic nitrogens is 5. The molecule has 3 aromatic carbocycles. The van der Waals surface area contributed by atoms with Gasteiger partial charge in [-0.25, -0.2) is 9.97 Å². The van der Waals surface area contributed by atoms with Gasteiger partial charge in [0.2, 0.25) is 0 Å². The molecule has 7 rings (SSSR count). The molecule has 0 aliphatic rings. The lowest BCUT2D eigenvalue weighted by Crippen LogP contribution is -2.24. The first-order valence-corrected chi connectivity index (χ1v) is 13.6. The summed E-state index contributed by atoms with van der Waals surface area (Å²) in [6, 6.07) is 24.3. The molecule has 4 heterocycles. The van der Waals surface area contributed by atoms with Crippen LogP contribution in [0.1, 0.15) is 27.9 Å². The number of nitrogens with one attached hydrogen (secondary N) is 3. The van der Waals surface area contributed by atoms with Gasteiger partial charge in [-0.1, -0.05) is 54.6 Å². The summed E-state index contributed by atoms with van der Waals surface area (Å²) in [4.78, 5) is 34.4. The Morgan fingerprint density at radius 3 is 2.61 bits per heavy atom. The number of imidazole rings is 1. The van der Waals surface area contributed by atoms with Crippen LogP contribution >= 0.6 is 0 Å². The van der Waals surface area contributed by atoms with Gasteiger partial charge in [0.1, 0.15) is 12.1 Å². The minimum atomic E-state index is -0.291. The van der Waals surface area contributed by atoms with E-state index in [0.29, 0.717) is 25.4 Å². The number of oxazole rings is 1. The van der Waals surface area contributed by atoms with Gasteiger partial charge in [0.05, 0.1) is 40.5 Å². The van der Waals surface area contributed by atoms with Crippen LogP contribution in [0.5, 0.6) is 0 Å². The first kappa shape index (κ1) is 24.9. The molecule has 202 valence electrons. The van der Waals surface area contributed by atoms with Gasteiger partial charge in [0.25, 0.3) is 5.91 Å². The summed E-state index contributed by atoms with van der Waals surface area (Å²) >= 11 is 0. The second kappa shape index (κ2) is 10.8. The van der Waals surface area contributed by atoms with Crippen molar-refractivity contribution in [3.8, 4) is 0 Å². The van der Waals surface area contributed by atoms with E-state index in [1.54, 1.807) is 0 Å². The predicted molar refractivity (Wildman–Crippen MR) is 159 cm³/mol. The third-order valence-electron chi connectivity index (χ3n) is 7.20. The summed E-state index contributed by atoms with van der Waals surface area (Å²) in [5, 5.41) is 10.8. The molecule has 4 aromatic heterocycles. The maximum Gasteiger partial charge on any atom is 0.273 e. The number of pyridine rings is 2. The van der Waals surface area contributed by atoms with Crippen LogP contribution in [-0.4, -0.2) is 43.9 Å². The average Bonchev–Trinajstić information content (AvgIpc) is 3.67. The van der Waals surface area contributed by atoms with Gasteiger partial charge in [-0.3, -0.25) is 14.8 Å². The molecule has 3 N–H and O–H groups in total. The zero-order chi connectivity index (χ0) is 27.6. The Hall–Kier alpha value is -5.15. The topological polar surface area (TPSA) is 122 Å². The molecule has 0 unspecified atom stereocenters. The number of aromatic amines is 1. The van der Waals surface area contributed by atoms with Crippen LogP contribution in [-0.2, 0) is 19.4 Å². The van der Waals surface area contributed by atoms with Crippen LogP contribution in [0.25, 0.3) is 43.6 Å². The molecule has 0 saturated heterocycles. The first-order chi connectivity index (χ1) is 20.2. The zero-order valence-corrected chi connectivity index (χ0v) is 22.2. The smallest absolute Gasteiger partial charge is 0.273 e. The number of carbonyl (C=O) groups excluding carboxylic acids is 1. The number of carbonyl (C=O) groups is 1. The molecule has 0 aliphatic carbocycles. The third-order valence-corrected chi connectivity index (χ3v) is 7.20. The molecule has 0 radical (unpaired) electrons. The van der Waals surface area contributed by atoms with Crippen molar-refractivity contribution in [2.24, 2.45) is 0 Å². The average molecular weight is 542 g/mol. The molecule has 0 spiro atoms. The number of nitrogens with zero attached hydrogens (tertiary/aromatic N) is 4. The van der Waals surface area contributed by atoms with Gasteiger partial charge in [-0.05, 0) is 29.0 Å². The first-order valence-electron chi connectivity index (χ1n) is 13.6. The Balaban J connectivity index is 0.895. The molecular formula is C32H27N7O2. The van der Waals surface area contributed by atoms with Crippen molar-refractivity contribution in [3.63, 3.8) is 0 Å². The third kappa shape index (κ3) is 5.10. The van der Waals surface area contributed by atoms with Crippen LogP contribution in [0.15, 0.2) is 89.7 Å². The summed E-state index contributed by atoms with van der Waals surface area (Å²) in [7, 11) is 0. The molecule has 41 heavy (non-hydrogen) atoms. The van der Waals surface area contributed by atoms with Crippen molar-refractivity contribution in [3.05, 3.63) is 108 Å². The number of benzene rings is 3. The number of para-hydroxylation sites is 1. The Labute approximate surface area is 235 Å². The highest BCUT2D eigenvalue weighted by Crippen LogP contribution is 2.24. The van der Waals surface area contributed by atoms with Crippen LogP contribution < -0.4 is 10.6 Å². The molecule has 7 aromatic rings. The fraction of sp³-hybridized carbons (Fsp3) is 0.156. The van der Waals surface area contributed by atoms with Gasteiger partial charge in [0.15, 0.2) is 11.6 Å². The fourth-order valence-corrected chi connectivity index (χ4v) is 5.12. The van der Waals surface area contributed by atoms with Crippen molar-refractivity contribution >= 4 is 49.5 Å². The van der Waals surface area contributed by atoms with Crippen LogP contribution in [0, 0.1) is 0 Å². The SMILES string of the molecule is O=C(NCc1ccc2c(ccc3ccccc32)n1)c1coc(CCNCCc2nc3c(cnc4ccccc43)[nH]2)n1. The maximum atomic E-state index is 12.7. The lowest BCUT2D eigenvalue weighted by Gasteiger charge is -2.07. The van der Waals surface area contributed by atoms with E-state index in [1.165, 1.54) is 17.0 Å². The van der Waals surface area contributed by atoms with Gasteiger partial charge in [0, 0.05) is 36.7 Å². The molecule has 0 fully saturated rings. The van der Waals surface area contributed by atoms with Crippen molar-refractivity contribution < 1.29 is 9.21 Å². The van der Waals surface area contributed by atoms with Crippen molar-refractivity contribution in [1.29, 1.82) is 0 Å². The van der Waals surface area contributed by atoms with E-state index < -0.39 is 0 Å². The summed E-state index contributed by atoms with van der Waals surface area (Å²) in [6.07, 6.45) is 4.55. The van der Waals surface area contributed by atoms with Crippen LogP contribution in [0.3, 0.4) is 0 Å². The van der Waals surface area contributed by atoms with Gasteiger partial charge in [-0.2, -0.15) is 0 Å². The maximum absolute atomic E-state index is 12.7. The number of hydrogen-bond acceptors (Lipinski definition) is 7. The number of H-pyrrole nitrogens is 1. The van der Waals surface area contributed by atoms with E-state index >= 15 is 0 Å².